The van der Waals surface area contributed by atoms with Gasteiger partial charge in [-0.3, -0.25) is 19.7 Å². The summed E-state index contributed by atoms with van der Waals surface area (Å²) in [6, 6.07) is 3.57. The van der Waals surface area contributed by atoms with E-state index in [0.717, 1.165) is 6.07 Å². The first-order valence-corrected chi connectivity index (χ1v) is 6.16. The Morgan fingerprint density at radius 1 is 1.43 bits per heavy atom. The second-order valence-electron chi connectivity index (χ2n) is 3.84. The number of nitrogens with zero attached hydrogens (tertiary/aromatic N) is 1. The van der Waals surface area contributed by atoms with Crippen molar-refractivity contribution in [2.45, 2.75) is 5.38 Å². The van der Waals surface area contributed by atoms with Gasteiger partial charge in [0.2, 0.25) is 0 Å². The number of rotatable bonds is 6. The molecule has 1 aromatic rings. The van der Waals surface area contributed by atoms with Crippen LogP contribution >= 0.6 is 11.6 Å². The van der Waals surface area contributed by atoms with E-state index in [1.54, 1.807) is 0 Å². The van der Waals surface area contributed by atoms with E-state index in [0.29, 0.717) is 0 Å². The SMILES string of the molecule is COC(=O)C(Cl)CNC(=O)c1ccc([N+](=O)[O-])cc1OC. The number of non-ortho nitro benzene ring substituents is 1. The third-order valence-electron chi connectivity index (χ3n) is 2.54. The van der Waals surface area contributed by atoms with Crippen molar-refractivity contribution in [3.63, 3.8) is 0 Å². The molecule has 1 N–H and O–H groups in total. The minimum absolute atomic E-state index is 0.0471. The fourth-order valence-corrected chi connectivity index (χ4v) is 1.64. The molecule has 1 rings (SSSR count). The summed E-state index contributed by atoms with van der Waals surface area (Å²) in [5, 5.41) is 12.0. The molecular weight excluding hydrogens is 304 g/mol. The fraction of sp³-hybridized carbons (Fsp3) is 0.333. The maximum Gasteiger partial charge on any atom is 0.325 e. The number of hydrogen-bond acceptors (Lipinski definition) is 6. The van der Waals surface area contributed by atoms with E-state index in [1.165, 1.54) is 26.4 Å². The van der Waals surface area contributed by atoms with Crippen LogP contribution in [-0.2, 0) is 9.53 Å². The minimum atomic E-state index is -1.03. The van der Waals surface area contributed by atoms with Gasteiger partial charge in [-0.15, -0.1) is 11.6 Å². The zero-order valence-electron chi connectivity index (χ0n) is 11.3. The van der Waals surface area contributed by atoms with Gasteiger partial charge in [-0.25, -0.2) is 0 Å². The average molecular weight is 317 g/mol. The highest BCUT2D eigenvalue weighted by molar-refractivity contribution is 6.30. The Morgan fingerprint density at radius 3 is 2.62 bits per heavy atom. The van der Waals surface area contributed by atoms with Crippen LogP contribution in [0.5, 0.6) is 5.75 Å². The lowest BCUT2D eigenvalue weighted by Gasteiger charge is -2.11. The zero-order valence-corrected chi connectivity index (χ0v) is 12.0. The van der Waals surface area contributed by atoms with Gasteiger partial charge in [0.05, 0.1) is 30.8 Å². The number of ether oxygens (including phenoxy) is 2. The summed E-state index contributed by atoms with van der Waals surface area (Å²) in [5.74, 6) is -1.20. The van der Waals surface area contributed by atoms with E-state index < -0.39 is 22.2 Å². The van der Waals surface area contributed by atoms with Crippen molar-refractivity contribution in [2.75, 3.05) is 20.8 Å². The number of nitrogens with one attached hydrogen (secondary N) is 1. The number of amides is 1. The molecule has 0 saturated heterocycles. The van der Waals surface area contributed by atoms with Crippen LogP contribution in [0.25, 0.3) is 0 Å². The molecule has 0 spiro atoms. The average Bonchev–Trinajstić information content (AvgIpc) is 2.50. The highest BCUT2D eigenvalue weighted by Gasteiger charge is 2.20. The van der Waals surface area contributed by atoms with Crippen molar-refractivity contribution in [1.82, 2.24) is 5.32 Å². The van der Waals surface area contributed by atoms with Gasteiger partial charge in [0.1, 0.15) is 11.1 Å². The monoisotopic (exact) mass is 316 g/mol. The second-order valence-corrected chi connectivity index (χ2v) is 4.37. The van der Waals surface area contributed by atoms with Crippen molar-refractivity contribution < 1.29 is 24.0 Å². The Kier molecular flexibility index (Phi) is 5.92. The number of halogens is 1. The number of hydrogen-bond donors (Lipinski definition) is 1. The summed E-state index contributed by atoms with van der Waals surface area (Å²) in [4.78, 5) is 33.1. The molecular formula is C12H13ClN2O6. The first-order valence-electron chi connectivity index (χ1n) is 5.73. The van der Waals surface area contributed by atoms with E-state index in [2.05, 4.69) is 10.1 Å². The van der Waals surface area contributed by atoms with Crippen LogP contribution in [-0.4, -0.2) is 42.9 Å². The van der Waals surface area contributed by atoms with Gasteiger partial charge in [0.25, 0.3) is 11.6 Å². The first kappa shape index (κ1) is 16.7. The fourth-order valence-electron chi connectivity index (χ4n) is 1.47. The van der Waals surface area contributed by atoms with Crippen LogP contribution < -0.4 is 10.1 Å². The number of methoxy groups -OCH3 is 2. The summed E-state index contributed by atoms with van der Waals surface area (Å²) >= 11 is 5.69. The smallest absolute Gasteiger partial charge is 0.325 e. The molecule has 0 bridgehead atoms. The summed E-state index contributed by atoms with van der Waals surface area (Å²) < 4.78 is 9.36. The first-order chi connectivity index (χ1) is 9.90. The Morgan fingerprint density at radius 2 is 2.10 bits per heavy atom. The third kappa shape index (κ3) is 4.32. The quantitative estimate of drug-likeness (QED) is 0.364. The summed E-state index contributed by atoms with van der Waals surface area (Å²) in [7, 11) is 2.47. The molecule has 0 fully saturated rings. The van der Waals surface area contributed by atoms with E-state index in [-0.39, 0.29) is 23.5 Å². The molecule has 0 saturated carbocycles. The predicted octanol–water partition coefficient (Wildman–Crippen LogP) is 1.11. The number of benzene rings is 1. The van der Waals surface area contributed by atoms with Gasteiger partial charge < -0.3 is 14.8 Å². The zero-order chi connectivity index (χ0) is 16.0. The lowest BCUT2D eigenvalue weighted by atomic mass is 10.1. The number of carbonyl (C=O) groups is 2. The molecule has 0 aliphatic carbocycles. The molecule has 1 amide bonds. The van der Waals surface area contributed by atoms with Crippen molar-refractivity contribution >= 4 is 29.2 Å². The van der Waals surface area contributed by atoms with Crippen LogP contribution in [0.2, 0.25) is 0 Å². The Labute approximate surface area is 125 Å². The Hall–Kier alpha value is -2.35. The van der Waals surface area contributed by atoms with Gasteiger partial charge in [-0.05, 0) is 6.07 Å². The van der Waals surface area contributed by atoms with Crippen LogP contribution in [0.15, 0.2) is 18.2 Å². The molecule has 8 nitrogen and oxygen atoms in total. The molecule has 1 aromatic carbocycles. The minimum Gasteiger partial charge on any atom is -0.496 e. The second kappa shape index (κ2) is 7.44. The molecule has 1 atom stereocenters. The van der Waals surface area contributed by atoms with Crippen molar-refractivity contribution in [1.29, 1.82) is 0 Å². The third-order valence-corrected chi connectivity index (χ3v) is 2.87. The number of nitro benzene ring substituents is 1. The molecule has 21 heavy (non-hydrogen) atoms. The van der Waals surface area contributed by atoms with Gasteiger partial charge in [-0.2, -0.15) is 0 Å². The molecule has 0 heterocycles. The molecule has 9 heteroatoms. The van der Waals surface area contributed by atoms with Crippen molar-refractivity contribution in [3.05, 3.63) is 33.9 Å². The summed E-state index contributed by atoms with van der Waals surface area (Å²) in [6.45, 7) is -0.146. The summed E-state index contributed by atoms with van der Waals surface area (Å²) in [5.41, 5.74) is -0.106. The van der Waals surface area contributed by atoms with Gasteiger partial charge in [0, 0.05) is 12.6 Å². The molecule has 0 radical (unpaired) electrons. The van der Waals surface area contributed by atoms with E-state index in [4.69, 9.17) is 16.3 Å². The van der Waals surface area contributed by atoms with E-state index >= 15 is 0 Å². The topological polar surface area (TPSA) is 108 Å². The van der Waals surface area contributed by atoms with Gasteiger partial charge >= 0.3 is 5.97 Å². The molecule has 114 valence electrons. The highest BCUT2D eigenvalue weighted by Crippen LogP contribution is 2.24. The van der Waals surface area contributed by atoms with E-state index in [9.17, 15) is 19.7 Å². The normalized spacial score (nSPS) is 11.4. The van der Waals surface area contributed by atoms with E-state index in [1.807, 2.05) is 0 Å². The lowest BCUT2D eigenvalue weighted by Crippen LogP contribution is -2.34. The number of alkyl halides is 1. The molecule has 0 aliphatic heterocycles. The largest absolute Gasteiger partial charge is 0.496 e. The van der Waals surface area contributed by atoms with Crippen LogP contribution in [0.1, 0.15) is 10.4 Å². The molecule has 0 aliphatic rings. The Bertz CT molecular complexity index is 563. The lowest BCUT2D eigenvalue weighted by molar-refractivity contribution is -0.384. The number of carbonyl (C=O) groups excluding carboxylic acids is 2. The maximum atomic E-state index is 11.9. The highest BCUT2D eigenvalue weighted by atomic mass is 35.5. The van der Waals surface area contributed by atoms with Crippen molar-refractivity contribution in [3.8, 4) is 5.75 Å². The molecule has 1 unspecified atom stereocenters. The standard InChI is InChI=1S/C12H13ClN2O6/c1-20-10-5-7(15(18)19)3-4-8(10)11(16)14-6-9(13)12(17)21-2/h3-5,9H,6H2,1-2H3,(H,14,16). The number of esters is 1. The van der Waals surface area contributed by atoms with Crippen LogP contribution in [0, 0.1) is 10.1 Å². The van der Waals surface area contributed by atoms with Gasteiger partial charge in [-0.1, -0.05) is 0 Å². The Balaban J connectivity index is 2.83. The van der Waals surface area contributed by atoms with Gasteiger partial charge in [0.15, 0.2) is 0 Å². The summed E-state index contributed by atoms with van der Waals surface area (Å²) in [6.07, 6.45) is 0. The maximum absolute atomic E-state index is 11.9. The van der Waals surface area contributed by atoms with Crippen LogP contribution in [0.3, 0.4) is 0 Å². The number of nitro groups is 1. The molecule has 0 aromatic heterocycles. The predicted molar refractivity (Wildman–Crippen MR) is 73.6 cm³/mol. The van der Waals surface area contributed by atoms with Crippen LogP contribution in [0.4, 0.5) is 5.69 Å². The van der Waals surface area contributed by atoms with Crippen molar-refractivity contribution in [2.24, 2.45) is 0 Å².